The van der Waals surface area contributed by atoms with Crippen molar-refractivity contribution in [3.05, 3.63) is 58.9 Å². The molecule has 0 bridgehead atoms. The van der Waals surface area contributed by atoms with E-state index in [4.69, 9.17) is 9.47 Å². The fourth-order valence-electron chi connectivity index (χ4n) is 2.26. The maximum absolute atomic E-state index is 12.0. The topological polar surface area (TPSA) is 91.8 Å². The first-order valence-electron chi connectivity index (χ1n) is 7.22. The Bertz CT molecular complexity index is 913. The van der Waals surface area contributed by atoms with E-state index >= 15 is 0 Å². The second kappa shape index (κ2) is 6.82. The van der Waals surface area contributed by atoms with Crippen LogP contribution in [0.3, 0.4) is 0 Å². The van der Waals surface area contributed by atoms with Crippen molar-refractivity contribution in [3.63, 3.8) is 0 Å². The standard InChI is InChI=1S/C17H16N4O3/c1-23-13-9-8-12(10-14(13)24-2)18-20-16-15(19-21-17(16)22)11-6-4-3-5-7-11/h3-10H,1-2H3,(H2,19,21,22). The van der Waals surface area contributed by atoms with Gasteiger partial charge in [-0.2, -0.15) is 5.11 Å². The van der Waals surface area contributed by atoms with Gasteiger partial charge in [0.2, 0.25) is 0 Å². The number of ether oxygens (including phenoxy) is 2. The normalized spacial score (nSPS) is 10.9. The summed E-state index contributed by atoms with van der Waals surface area (Å²) in [5.74, 6) is 1.14. The van der Waals surface area contributed by atoms with Gasteiger partial charge in [-0.1, -0.05) is 30.3 Å². The van der Waals surface area contributed by atoms with Crippen LogP contribution in [0, 0.1) is 0 Å². The summed E-state index contributed by atoms with van der Waals surface area (Å²) in [6.07, 6.45) is 0. The molecule has 0 unspecified atom stereocenters. The first kappa shape index (κ1) is 15.5. The quantitative estimate of drug-likeness (QED) is 0.699. The number of nitrogens with zero attached hydrogens (tertiary/aromatic N) is 2. The van der Waals surface area contributed by atoms with Gasteiger partial charge in [-0.05, 0) is 12.1 Å². The lowest BCUT2D eigenvalue weighted by Gasteiger charge is -2.06. The highest BCUT2D eigenvalue weighted by atomic mass is 16.5. The molecule has 0 aliphatic carbocycles. The fraction of sp³-hybridized carbons (Fsp3) is 0.118. The fourth-order valence-corrected chi connectivity index (χ4v) is 2.26. The van der Waals surface area contributed by atoms with Gasteiger partial charge < -0.3 is 9.47 Å². The summed E-state index contributed by atoms with van der Waals surface area (Å²) in [5, 5.41) is 13.6. The third kappa shape index (κ3) is 3.05. The Morgan fingerprint density at radius 2 is 1.62 bits per heavy atom. The van der Waals surface area contributed by atoms with Crippen molar-refractivity contribution in [1.82, 2.24) is 10.2 Å². The first-order chi connectivity index (χ1) is 11.7. The molecular formula is C17H16N4O3. The maximum Gasteiger partial charge on any atom is 0.292 e. The highest BCUT2D eigenvalue weighted by Crippen LogP contribution is 2.32. The van der Waals surface area contributed by atoms with Crippen LogP contribution in [0.4, 0.5) is 11.4 Å². The number of rotatable bonds is 5. The van der Waals surface area contributed by atoms with Gasteiger partial charge in [-0.15, -0.1) is 5.11 Å². The Labute approximate surface area is 138 Å². The van der Waals surface area contributed by atoms with Gasteiger partial charge >= 0.3 is 0 Å². The molecule has 1 aromatic heterocycles. The molecule has 0 saturated heterocycles. The van der Waals surface area contributed by atoms with Crippen LogP contribution >= 0.6 is 0 Å². The van der Waals surface area contributed by atoms with E-state index in [1.807, 2.05) is 30.3 Å². The molecule has 0 aliphatic heterocycles. The van der Waals surface area contributed by atoms with E-state index in [1.165, 1.54) is 0 Å². The van der Waals surface area contributed by atoms with Crippen molar-refractivity contribution in [3.8, 4) is 22.8 Å². The summed E-state index contributed by atoms with van der Waals surface area (Å²) < 4.78 is 10.4. The summed E-state index contributed by atoms with van der Waals surface area (Å²) in [6.45, 7) is 0. The van der Waals surface area contributed by atoms with Crippen LogP contribution in [0.25, 0.3) is 11.3 Å². The van der Waals surface area contributed by atoms with Crippen molar-refractivity contribution >= 4 is 11.4 Å². The Morgan fingerprint density at radius 3 is 2.33 bits per heavy atom. The summed E-state index contributed by atoms with van der Waals surface area (Å²) in [7, 11) is 3.10. The minimum absolute atomic E-state index is 0.219. The van der Waals surface area contributed by atoms with E-state index in [0.717, 1.165) is 5.56 Å². The lowest BCUT2D eigenvalue weighted by Crippen LogP contribution is -1.96. The molecule has 7 nitrogen and oxygen atoms in total. The summed E-state index contributed by atoms with van der Waals surface area (Å²) in [4.78, 5) is 12.0. The van der Waals surface area contributed by atoms with Crippen LogP contribution in [0.5, 0.6) is 11.5 Å². The molecule has 2 N–H and O–H groups in total. The molecule has 0 saturated carbocycles. The molecule has 24 heavy (non-hydrogen) atoms. The van der Waals surface area contributed by atoms with Crippen LogP contribution in [-0.4, -0.2) is 24.4 Å². The zero-order valence-electron chi connectivity index (χ0n) is 13.2. The van der Waals surface area contributed by atoms with Crippen LogP contribution in [0.1, 0.15) is 0 Å². The smallest absolute Gasteiger partial charge is 0.292 e. The zero-order valence-corrected chi connectivity index (χ0v) is 13.2. The molecule has 7 heteroatoms. The lowest BCUT2D eigenvalue weighted by molar-refractivity contribution is 0.355. The molecular weight excluding hydrogens is 308 g/mol. The van der Waals surface area contributed by atoms with E-state index in [-0.39, 0.29) is 11.2 Å². The molecule has 2 aromatic carbocycles. The van der Waals surface area contributed by atoms with Crippen molar-refractivity contribution in [1.29, 1.82) is 0 Å². The summed E-state index contributed by atoms with van der Waals surface area (Å²) in [5.41, 5.74) is 1.86. The molecule has 3 aromatic rings. The number of hydrogen-bond acceptors (Lipinski definition) is 5. The predicted molar refractivity (Wildman–Crippen MR) is 90.6 cm³/mol. The van der Waals surface area contributed by atoms with Gasteiger partial charge in [0, 0.05) is 11.6 Å². The third-order valence-electron chi connectivity index (χ3n) is 3.45. The molecule has 0 spiro atoms. The molecule has 0 amide bonds. The molecule has 0 fully saturated rings. The molecule has 122 valence electrons. The Hall–Kier alpha value is -3.35. The van der Waals surface area contributed by atoms with Crippen LogP contribution < -0.4 is 15.0 Å². The van der Waals surface area contributed by atoms with Crippen LogP contribution in [-0.2, 0) is 0 Å². The number of benzene rings is 2. The van der Waals surface area contributed by atoms with Crippen molar-refractivity contribution in [2.24, 2.45) is 10.2 Å². The third-order valence-corrected chi connectivity index (χ3v) is 3.45. The highest BCUT2D eigenvalue weighted by molar-refractivity contribution is 5.71. The largest absolute Gasteiger partial charge is 0.493 e. The molecule has 0 atom stereocenters. The molecule has 1 heterocycles. The van der Waals surface area contributed by atoms with Crippen molar-refractivity contribution in [2.75, 3.05) is 14.2 Å². The predicted octanol–water partition coefficient (Wildman–Crippen LogP) is 3.80. The number of aromatic nitrogens is 2. The number of azo groups is 1. The second-order valence-corrected chi connectivity index (χ2v) is 4.91. The van der Waals surface area contributed by atoms with Gasteiger partial charge in [0.1, 0.15) is 0 Å². The Morgan fingerprint density at radius 1 is 0.875 bits per heavy atom. The number of hydrogen-bond donors (Lipinski definition) is 2. The van der Waals surface area contributed by atoms with E-state index < -0.39 is 0 Å². The van der Waals surface area contributed by atoms with Crippen molar-refractivity contribution < 1.29 is 9.47 Å². The number of H-pyrrole nitrogens is 2. The molecule has 0 radical (unpaired) electrons. The Balaban J connectivity index is 1.96. The van der Waals surface area contributed by atoms with Crippen molar-refractivity contribution in [2.45, 2.75) is 0 Å². The van der Waals surface area contributed by atoms with Gasteiger partial charge in [-0.25, -0.2) is 0 Å². The Kier molecular flexibility index (Phi) is 4.42. The SMILES string of the molecule is COc1ccc(N=Nc2c(-c3ccccc3)[nH][nH]c2=O)cc1OC. The average Bonchev–Trinajstić information content (AvgIpc) is 3.01. The number of methoxy groups -OCH3 is 2. The minimum Gasteiger partial charge on any atom is -0.493 e. The van der Waals surface area contributed by atoms with Gasteiger partial charge in [0.15, 0.2) is 17.2 Å². The summed E-state index contributed by atoms with van der Waals surface area (Å²) >= 11 is 0. The number of aromatic amines is 2. The highest BCUT2D eigenvalue weighted by Gasteiger charge is 2.11. The zero-order chi connectivity index (χ0) is 16.9. The average molecular weight is 324 g/mol. The molecule has 3 rings (SSSR count). The van der Waals surface area contributed by atoms with Crippen LogP contribution in [0.15, 0.2) is 63.6 Å². The van der Waals surface area contributed by atoms with E-state index in [2.05, 4.69) is 20.4 Å². The van der Waals surface area contributed by atoms with Gasteiger partial charge in [-0.3, -0.25) is 15.0 Å². The number of nitrogens with one attached hydrogen (secondary N) is 2. The van der Waals surface area contributed by atoms with E-state index in [1.54, 1.807) is 32.4 Å². The van der Waals surface area contributed by atoms with Gasteiger partial charge in [0.05, 0.1) is 25.6 Å². The maximum atomic E-state index is 12.0. The minimum atomic E-state index is -0.335. The summed E-state index contributed by atoms with van der Waals surface area (Å²) in [6, 6.07) is 14.6. The second-order valence-electron chi connectivity index (χ2n) is 4.91. The first-order valence-corrected chi connectivity index (χ1v) is 7.22. The van der Waals surface area contributed by atoms with Crippen LogP contribution in [0.2, 0.25) is 0 Å². The van der Waals surface area contributed by atoms with E-state index in [9.17, 15) is 4.79 Å². The monoisotopic (exact) mass is 324 g/mol. The lowest BCUT2D eigenvalue weighted by atomic mass is 10.1. The van der Waals surface area contributed by atoms with E-state index in [0.29, 0.717) is 22.9 Å². The molecule has 0 aliphatic rings. The van der Waals surface area contributed by atoms with Gasteiger partial charge in [0.25, 0.3) is 5.56 Å².